The molecule has 0 rings (SSSR count). The molecular weight excluding hydrogens is 189 g/mol. The molecule has 0 spiro atoms. The predicted octanol–water partition coefficient (Wildman–Crippen LogP) is 3.76. The van der Waals surface area contributed by atoms with Crippen LogP contribution in [0.5, 0.6) is 0 Å². The quantitative estimate of drug-likeness (QED) is 0.468. The van der Waals surface area contributed by atoms with Crippen molar-refractivity contribution in [2.45, 2.75) is 25.4 Å². The lowest BCUT2D eigenvalue weighted by Crippen LogP contribution is -2.11. The number of allylic oxidation sites excluding steroid dienone is 1. The van der Waals surface area contributed by atoms with Crippen molar-refractivity contribution in [1.82, 2.24) is 0 Å². The van der Waals surface area contributed by atoms with Gasteiger partial charge in [0.1, 0.15) is 0 Å². The molecule has 4 heteroatoms. The second kappa shape index (κ2) is 5.46. The SMILES string of the molecule is C=CCC(CCl)CCC(F)(F)F. The number of alkyl halides is 4. The van der Waals surface area contributed by atoms with E-state index in [4.69, 9.17) is 11.6 Å². The van der Waals surface area contributed by atoms with E-state index in [0.29, 0.717) is 6.42 Å². The first kappa shape index (κ1) is 11.8. The van der Waals surface area contributed by atoms with Crippen LogP contribution < -0.4 is 0 Å². The molecule has 0 amide bonds. The zero-order valence-electron chi connectivity index (χ0n) is 6.70. The highest BCUT2D eigenvalue weighted by atomic mass is 35.5. The number of halogens is 4. The van der Waals surface area contributed by atoms with Gasteiger partial charge in [-0.15, -0.1) is 18.2 Å². The first-order valence-electron chi connectivity index (χ1n) is 3.73. The largest absolute Gasteiger partial charge is 0.389 e. The van der Waals surface area contributed by atoms with Crippen LogP contribution in [0.15, 0.2) is 12.7 Å². The summed E-state index contributed by atoms with van der Waals surface area (Å²) in [6.07, 6.45) is -2.56. The highest BCUT2D eigenvalue weighted by Crippen LogP contribution is 2.25. The van der Waals surface area contributed by atoms with Crippen LogP contribution in [-0.4, -0.2) is 12.1 Å². The zero-order valence-corrected chi connectivity index (χ0v) is 7.46. The van der Waals surface area contributed by atoms with Gasteiger partial charge in [0, 0.05) is 12.3 Å². The van der Waals surface area contributed by atoms with Crippen LogP contribution in [-0.2, 0) is 0 Å². The summed E-state index contributed by atoms with van der Waals surface area (Å²) in [7, 11) is 0. The van der Waals surface area contributed by atoms with Crippen molar-refractivity contribution < 1.29 is 13.2 Å². The lowest BCUT2D eigenvalue weighted by molar-refractivity contribution is -0.137. The number of rotatable bonds is 5. The van der Waals surface area contributed by atoms with E-state index >= 15 is 0 Å². The van der Waals surface area contributed by atoms with E-state index in [0.717, 1.165) is 0 Å². The molecule has 0 bridgehead atoms. The molecule has 0 aromatic carbocycles. The van der Waals surface area contributed by atoms with E-state index in [9.17, 15) is 13.2 Å². The molecule has 0 saturated heterocycles. The van der Waals surface area contributed by atoms with Gasteiger partial charge in [0.2, 0.25) is 0 Å². The molecule has 0 aromatic rings. The van der Waals surface area contributed by atoms with E-state index in [-0.39, 0.29) is 18.2 Å². The molecule has 0 radical (unpaired) electrons. The van der Waals surface area contributed by atoms with Crippen molar-refractivity contribution >= 4 is 11.6 Å². The lowest BCUT2D eigenvalue weighted by atomic mass is 10.0. The van der Waals surface area contributed by atoms with Crippen LogP contribution >= 0.6 is 11.6 Å². The molecule has 0 aliphatic rings. The summed E-state index contributed by atoms with van der Waals surface area (Å²) in [6, 6.07) is 0. The van der Waals surface area contributed by atoms with Crippen LogP contribution in [0.25, 0.3) is 0 Å². The van der Waals surface area contributed by atoms with E-state index in [1.54, 1.807) is 6.08 Å². The molecule has 1 unspecified atom stereocenters. The fourth-order valence-electron chi connectivity index (χ4n) is 0.861. The minimum Gasteiger partial charge on any atom is -0.171 e. The third-order valence-corrected chi connectivity index (χ3v) is 1.99. The van der Waals surface area contributed by atoms with Gasteiger partial charge in [0.15, 0.2) is 0 Å². The Labute approximate surface area is 75.4 Å². The Hall–Kier alpha value is -0.180. The van der Waals surface area contributed by atoms with Gasteiger partial charge < -0.3 is 0 Å². The van der Waals surface area contributed by atoms with E-state index < -0.39 is 12.6 Å². The molecular formula is C8H12ClF3. The summed E-state index contributed by atoms with van der Waals surface area (Å²) >= 11 is 5.46. The summed E-state index contributed by atoms with van der Waals surface area (Å²) in [5.41, 5.74) is 0. The molecule has 0 saturated carbocycles. The standard InChI is InChI=1S/C8H12ClF3/c1-2-3-7(6-9)4-5-8(10,11)12/h2,7H,1,3-6H2. The Morgan fingerprint density at radius 3 is 2.33 bits per heavy atom. The van der Waals surface area contributed by atoms with Gasteiger partial charge in [-0.2, -0.15) is 13.2 Å². The Kier molecular flexibility index (Phi) is 5.38. The van der Waals surface area contributed by atoms with Gasteiger partial charge in [-0.3, -0.25) is 0 Å². The van der Waals surface area contributed by atoms with Crippen molar-refractivity contribution in [3.05, 3.63) is 12.7 Å². The van der Waals surface area contributed by atoms with Gasteiger partial charge in [-0.1, -0.05) is 6.08 Å². The molecule has 72 valence electrons. The maximum Gasteiger partial charge on any atom is 0.389 e. The second-order valence-corrected chi connectivity index (χ2v) is 3.01. The zero-order chi connectivity index (χ0) is 9.61. The molecule has 0 nitrogen and oxygen atoms in total. The molecule has 0 N–H and O–H groups in total. The molecule has 0 aliphatic carbocycles. The Morgan fingerprint density at radius 2 is 2.00 bits per heavy atom. The summed E-state index contributed by atoms with van der Waals surface area (Å²) in [5, 5.41) is 0. The van der Waals surface area contributed by atoms with E-state index in [1.807, 2.05) is 0 Å². The third kappa shape index (κ3) is 6.53. The van der Waals surface area contributed by atoms with E-state index in [2.05, 4.69) is 6.58 Å². The lowest BCUT2D eigenvalue weighted by Gasteiger charge is -2.12. The normalized spacial score (nSPS) is 14.3. The Bertz CT molecular complexity index is 131. The smallest absolute Gasteiger partial charge is 0.171 e. The number of hydrogen-bond acceptors (Lipinski definition) is 0. The maximum absolute atomic E-state index is 11.7. The predicted molar refractivity (Wildman–Crippen MR) is 44.3 cm³/mol. The molecule has 0 aromatic heterocycles. The maximum atomic E-state index is 11.7. The average molecular weight is 201 g/mol. The van der Waals surface area contributed by atoms with Crippen LogP contribution in [0.3, 0.4) is 0 Å². The van der Waals surface area contributed by atoms with Gasteiger partial charge >= 0.3 is 6.18 Å². The van der Waals surface area contributed by atoms with Crippen molar-refractivity contribution in [3.63, 3.8) is 0 Å². The Morgan fingerprint density at radius 1 is 1.42 bits per heavy atom. The molecule has 0 fully saturated rings. The van der Waals surface area contributed by atoms with Gasteiger partial charge in [0.05, 0.1) is 0 Å². The molecule has 0 aliphatic heterocycles. The van der Waals surface area contributed by atoms with Crippen molar-refractivity contribution in [2.24, 2.45) is 5.92 Å². The van der Waals surface area contributed by atoms with Crippen LogP contribution in [0.1, 0.15) is 19.3 Å². The number of hydrogen-bond donors (Lipinski definition) is 0. The minimum atomic E-state index is -4.06. The summed E-state index contributed by atoms with van der Waals surface area (Å²) in [6.45, 7) is 3.45. The van der Waals surface area contributed by atoms with E-state index in [1.165, 1.54) is 0 Å². The third-order valence-electron chi connectivity index (χ3n) is 1.55. The summed E-state index contributed by atoms with van der Waals surface area (Å²) in [4.78, 5) is 0. The fourth-order valence-corrected chi connectivity index (χ4v) is 1.14. The minimum absolute atomic E-state index is 0.0919. The topological polar surface area (TPSA) is 0 Å². The van der Waals surface area contributed by atoms with Gasteiger partial charge in [-0.25, -0.2) is 0 Å². The fraction of sp³-hybridized carbons (Fsp3) is 0.750. The van der Waals surface area contributed by atoms with Crippen LogP contribution in [0, 0.1) is 5.92 Å². The van der Waals surface area contributed by atoms with Gasteiger partial charge in [0.25, 0.3) is 0 Å². The molecule has 1 atom stereocenters. The van der Waals surface area contributed by atoms with Crippen LogP contribution in [0.2, 0.25) is 0 Å². The molecule has 12 heavy (non-hydrogen) atoms. The van der Waals surface area contributed by atoms with Crippen molar-refractivity contribution in [2.75, 3.05) is 5.88 Å². The average Bonchev–Trinajstić information content (AvgIpc) is 1.96. The highest BCUT2D eigenvalue weighted by Gasteiger charge is 2.27. The summed E-state index contributed by atoms with van der Waals surface area (Å²) in [5.74, 6) is 0.174. The first-order valence-corrected chi connectivity index (χ1v) is 4.26. The van der Waals surface area contributed by atoms with Gasteiger partial charge in [-0.05, 0) is 18.8 Å². The Balaban J connectivity index is 3.64. The summed E-state index contributed by atoms with van der Waals surface area (Å²) < 4.78 is 35.2. The van der Waals surface area contributed by atoms with Crippen molar-refractivity contribution in [3.8, 4) is 0 Å². The van der Waals surface area contributed by atoms with Crippen molar-refractivity contribution in [1.29, 1.82) is 0 Å². The second-order valence-electron chi connectivity index (χ2n) is 2.70. The molecule has 0 heterocycles. The van der Waals surface area contributed by atoms with Crippen LogP contribution in [0.4, 0.5) is 13.2 Å². The highest BCUT2D eigenvalue weighted by molar-refractivity contribution is 6.18. The first-order chi connectivity index (χ1) is 5.49. The monoisotopic (exact) mass is 200 g/mol.